The lowest BCUT2D eigenvalue weighted by Crippen LogP contribution is -2.36. The molecule has 0 saturated heterocycles. The SMILES string of the molecule is C=CCOC[C@H](O)CN(Cc1cccc(OC)c1)C1CC1. The zero-order valence-corrected chi connectivity index (χ0v) is 12.7. The van der Waals surface area contributed by atoms with Gasteiger partial charge in [-0.15, -0.1) is 6.58 Å². The van der Waals surface area contributed by atoms with Gasteiger partial charge in [-0.25, -0.2) is 0 Å². The standard InChI is InChI=1S/C17H25NO3/c1-3-9-21-13-16(19)12-18(15-7-8-15)11-14-5-4-6-17(10-14)20-2/h3-6,10,15-16,19H,1,7-9,11-13H2,2H3/t16-/m1/s1. The predicted molar refractivity (Wildman–Crippen MR) is 83.4 cm³/mol. The van der Waals surface area contributed by atoms with E-state index in [1.165, 1.54) is 18.4 Å². The van der Waals surface area contributed by atoms with Crippen LogP contribution in [0.5, 0.6) is 5.75 Å². The molecule has 21 heavy (non-hydrogen) atoms. The number of ether oxygens (including phenoxy) is 2. The van der Waals surface area contributed by atoms with Crippen LogP contribution in [-0.2, 0) is 11.3 Å². The fraction of sp³-hybridized carbons (Fsp3) is 0.529. The summed E-state index contributed by atoms with van der Waals surface area (Å²) in [6, 6.07) is 8.69. The van der Waals surface area contributed by atoms with Gasteiger partial charge >= 0.3 is 0 Å². The lowest BCUT2D eigenvalue weighted by molar-refractivity contribution is 0.0227. The molecule has 0 aliphatic heterocycles. The predicted octanol–water partition coefficient (Wildman–Crippen LogP) is 2.22. The molecule has 0 amide bonds. The molecule has 1 fully saturated rings. The summed E-state index contributed by atoms with van der Waals surface area (Å²) < 4.78 is 10.6. The molecular weight excluding hydrogens is 266 g/mol. The van der Waals surface area contributed by atoms with Crippen molar-refractivity contribution in [2.45, 2.75) is 31.5 Å². The zero-order chi connectivity index (χ0) is 15.1. The number of methoxy groups -OCH3 is 1. The molecule has 0 radical (unpaired) electrons. The fourth-order valence-corrected chi connectivity index (χ4v) is 2.40. The Kier molecular flexibility index (Phi) is 6.23. The van der Waals surface area contributed by atoms with Gasteiger partial charge < -0.3 is 14.6 Å². The maximum absolute atomic E-state index is 10.1. The minimum atomic E-state index is -0.462. The van der Waals surface area contributed by atoms with E-state index in [4.69, 9.17) is 9.47 Å². The third-order valence-electron chi connectivity index (χ3n) is 3.57. The van der Waals surface area contributed by atoms with Gasteiger partial charge in [0.2, 0.25) is 0 Å². The highest BCUT2D eigenvalue weighted by molar-refractivity contribution is 5.28. The molecular formula is C17H25NO3. The first-order valence-electron chi connectivity index (χ1n) is 7.46. The molecule has 0 aromatic heterocycles. The summed E-state index contributed by atoms with van der Waals surface area (Å²) in [6.07, 6.45) is 3.66. The Morgan fingerprint density at radius 2 is 2.29 bits per heavy atom. The second-order valence-corrected chi connectivity index (χ2v) is 5.49. The largest absolute Gasteiger partial charge is 0.497 e. The topological polar surface area (TPSA) is 41.9 Å². The second-order valence-electron chi connectivity index (χ2n) is 5.49. The summed E-state index contributed by atoms with van der Waals surface area (Å²) in [4.78, 5) is 2.33. The van der Waals surface area contributed by atoms with E-state index in [0.717, 1.165) is 12.3 Å². The zero-order valence-electron chi connectivity index (χ0n) is 12.7. The van der Waals surface area contributed by atoms with Crippen LogP contribution in [0.25, 0.3) is 0 Å². The Morgan fingerprint density at radius 1 is 1.48 bits per heavy atom. The number of rotatable bonds is 10. The third-order valence-corrected chi connectivity index (χ3v) is 3.57. The van der Waals surface area contributed by atoms with Gasteiger partial charge in [-0.2, -0.15) is 0 Å². The van der Waals surface area contributed by atoms with Crippen LogP contribution >= 0.6 is 0 Å². The van der Waals surface area contributed by atoms with Gasteiger partial charge in [0.05, 0.1) is 26.4 Å². The average Bonchev–Trinajstić information content (AvgIpc) is 3.32. The highest BCUT2D eigenvalue weighted by Gasteiger charge is 2.30. The second kappa shape index (κ2) is 8.17. The fourth-order valence-electron chi connectivity index (χ4n) is 2.40. The number of aliphatic hydroxyl groups excluding tert-OH is 1. The minimum Gasteiger partial charge on any atom is -0.497 e. The minimum absolute atomic E-state index is 0.355. The van der Waals surface area contributed by atoms with Crippen LogP contribution < -0.4 is 4.74 Å². The molecule has 1 aromatic rings. The molecule has 1 aliphatic carbocycles. The molecule has 4 heteroatoms. The van der Waals surface area contributed by atoms with Crippen molar-refractivity contribution in [3.63, 3.8) is 0 Å². The van der Waals surface area contributed by atoms with Crippen LogP contribution in [0.4, 0.5) is 0 Å². The van der Waals surface area contributed by atoms with Crippen LogP contribution in [0.15, 0.2) is 36.9 Å². The van der Waals surface area contributed by atoms with Crippen molar-refractivity contribution in [2.24, 2.45) is 0 Å². The highest BCUT2D eigenvalue weighted by Crippen LogP contribution is 2.29. The molecule has 0 bridgehead atoms. The van der Waals surface area contributed by atoms with Gasteiger partial charge in [0.15, 0.2) is 0 Å². The number of nitrogens with zero attached hydrogens (tertiary/aromatic N) is 1. The summed E-state index contributed by atoms with van der Waals surface area (Å²) in [7, 11) is 1.68. The lowest BCUT2D eigenvalue weighted by Gasteiger charge is -2.25. The monoisotopic (exact) mass is 291 g/mol. The van der Waals surface area contributed by atoms with Gasteiger partial charge in [0, 0.05) is 19.1 Å². The van der Waals surface area contributed by atoms with E-state index in [1.807, 2.05) is 12.1 Å². The lowest BCUT2D eigenvalue weighted by atomic mass is 10.2. The van der Waals surface area contributed by atoms with Gasteiger partial charge in [0.1, 0.15) is 5.75 Å². The molecule has 2 rings (SSSR count). The summed E-state index contributed by atoms with van der Waals surface area (Å²) in [5.74, 6) is 0.873. The molecule has 0 spiro atoms. The molecule has 0 unspecified atom stereocenters. The Bertz CT molecular complexity index is 445. The number of hydrogen-bond acceptors (Lipinski definition) is 4. The van der Waals surface area contributed by atoms with Crippen molar-refractivity contribution < 1.29 is 14.6 Å². The van der Waals surface area contributed by atoms with Crippen LogP contribution in [0.2, 0.25) is 0 Å². The van der Waals surface area contributed by atoms with Crippen LogP contribution in [-0.4, -0.2) is 49.0 Å². The van der Waals surface area contributed by atoms with E-state index in [1.54, 1.807) is 13.2 Å². The number of hydrogen-bond donors (Lipinski definition) is 1. The Balaban J connectivity index is 1.88. The van der Waals surface area contributed by atoms with E-state index in [9.17, 15) is 5.11 Å². The molecule has 1 saturated carbocycles. The van der Waals surface area contributed by atoms with Crippen molar-refractivity contribution >= 4 is 0 Å². The van der Waals surface area contributed by atoms with Crippen molar-refractivity contribution in [1.82, 2.24) is 4.90 Å². The van der Waals surface area contributed by atoms with Gasteiger partial charge in [-0.3, -0.25) is 4.90 Å². The first kappa shape index (κ1) is 16.0. The average molecular weight is 291 g/mol. The Morgan fingerprint density at radius 3 is 2.95 bits per heavy atom. The first-order valence-corrected chi connectivity index (χ1v) is 7.46. The quantitative estimate of drug-likeness (QED) is 0.530. The van der Waals surface area contributed by atoms with Crippen molar-refractivity contribution in [3.05, 3.63) is 42.5 Å². The molecule has 1 aliphatic rings. The normalized spacial score (nSPS) is 16.0. The van der Waals surface area contributed by atoms with Gasteiger partial charge in [-0.05, 0) is 30.5 Å². The van der Waals surface area contributed by atoms with E-state index >= 15 is 0 Å². The van der Waals surface area contributed by atoms with Crippen LogP contribution in [0.3, 0.4) is 0 Å². The molecule has 4 nitrogen and oxygen atoms in total. The first-order chi connectivity index (χ1) is 10.2. The van der Waals surface area contributed by atoms with Crippen molar-refractivity contribution in [1.29, 1.82) is 0 Å². The van der Waals surface area contributed by atoms with Gasteiger partial charge in [-0.1, -0.05) is 18.2 Å². The Labute approximate surface area is 127 Å². The van der Waals surface area contributed by atoms with Crippen LogP contribution in [0.1, 0.15) is 18.4 Å². The van der Waals surface area contributed by atoms with E-state index in [2.05, 4.69) is 23.6 Å². The summed E-state index contributed by atoms with van der Waals surface area (Å²) >= 11 is 0. The van der Waals surface area contributed by atoms with Crippen LogP contribution in [0, 0.1) is 0 Å². The van der Waals surface area contributed by atoms with Gasteiger partial charge in [0.25, 0.3) is 0 Å². The maximum atomic E-state index is 10.1. The summed E-state index contributed by atoms with van der Waals surface area (Å²) in [5, 5.41) is 10.1. The number of aliphatic hydroxyl groups is 1. The Hall–Kier alpha value is -1.36. The molecule has 0 heterocycles. The van der Waals surface area contributed by atoms with Crippen molar-refractivity contribution in [3.8, 4) is 5.75 Å². The smallest absolute Gasteiger partial charge is 0.119 e. The molecule has 116 valence electrons. The van der Waals surface area contributed by atoms with E-state index < -0.39 is 6.10 Å². The maximum Gasteiger partial charge on any atom is 0.119 e. The van der Waals surface area contributed by atoms with E-state index in [-0.39, 0.29) is 0 Å². The number of benzene rings is 1. The molecule has 1 N–H and O–H groups in total. The summed E-state index contributed by atoms with van der Waals surface area (Å²) in [5.41, 5.74) is 1.21. The third kappa shape index (κ3) is 5.50. The highest BCUT2D eigenvalue weighted by atomic mass is 16.5. The summed E-state index contributed by atoms with van der Waals surface area (Å²) in [6.45, 7) is 5.91. The van der Waals surface area contributed by atoms with E-state index in [0.29, 0.717) is 25.8 Å². The van der Waals surface area contributed by atoms with Crippen molar-refractivity contribution in [2.75, 3.05) is 26.9 Å². The molecule has 1 aromatic carbocycles. The molecule has 1 atom stereocenters.